The van der Waals surface area contributed by atoms with E-state index in [9.17, 15) is 14.7 Å². The number of aromatic carboxylic acids is 1. The maximum atomic E-state index is 12.6. The van der Waals surface area contributed by atoms with Gasteiger partial charge in [0.1, 0.15) is 6.61 Å². The number of nitrogens with zero attached hydrogens (tertiary/aromatic N) is 2. The predicted octanol–water partition coefficient (Wildman–Crippen LogP) is 4.41. The van der Waals surface area contributed by atoms with Crippen LogP contribution in [0.3, 0.4) is 0 Å². The van der Waals surface area contributed by atoms with Crippen molar-refractivity contribution in [3.8, 4) is 11.1 Å². The van der Waals surface area contributed by atoms with Crippen LogP contribution in [0.2, 0.25) is 0 Å². The van der Waals surface area contributed by atoms with Crippen molar-refractivity contribution >= 4 is 17.9 Å². The third-order valence-electron chi connectivity index (χ3n) is 6.06. The van der Waals surface area contributed by atoms with Gasteiger partial charge in [0, 0.05) is 11.5 Å². The number of carboxylic acid groups (broad SMARTS) is 1. The largest absolute Gasteiger partial charge is 0.476 e. The summed E-state index contributed by atoms with van der Waals surface area (Å²) >= 11 is 0. The first-order chi connectivity index (χ1) is 15.1. The van der Waals surface area contributed by atoms with E-state index in [1.807, 2.05) is 24.3 Å². The van der Waals surface area contributed by atoms with E-state index in [0.29, 0.717) is 18.4 Å². The third kappa shape index (κ3) is 3.42. The van der Waals surface area contributed by atoms with E-state index in [-0.39, 0.29) is 24.0 Å². The van der Waals surface area contributed by atoms with Gasteiger partial charge in [0.05, 0.1) is 0 Å². The summed E-state index contributed by atoms with van der Waals surface area (Å²) in [6, 6.07) is 16.3. The van der Waals surface area contributed by atoms with Gasteiger partial charge in [-0.25, -0.2) is 9.59 Å². The molecule has 7 nitrogen and oxygen atoms in total. The Kier molecular flexibility index (Phi) is 4.86. The Bertz CT molecular complexity index is 1150. The predicted molar refractivity (Wildman–Crippen MR) is 114 cm³/mol. The molecule has 7 heteroatoms. The number of hydrogen-bond donors (Lipinski definition) is 2. The zero-order valence-corrected chi connectivity index (χ0v) is 16.8. The fraction of sp³-hybridized carbons (Fsp3) is 0.250. The highest BCUT2D eigenvalue weighted by Crippen LogP contribution is 2.44. The van der Waals surface area contributed by atoms with E-state index in [1.54, 1.807) is 0 Å². The number of anilines is 1. The number of carbonyl (C=O) groups excluding carboxylic acids is 1. The molecular weight excluding hydrogens is 394 g/mol. The highest BCUT2D eigenvalue weighted by molar-refractivity contribution is 5.90. The molecule has 0 fully saturated rings. The summed E-state index contributed by atoms with van der Waals surface area (Å²) in [5.41, 5.74) is 5.97. The number of nitrogens with one attached hydrogen (secondary N) is 1. The minimum absolute atomic E-state index is 0.0345. The van der Waals surface area contributed by atoms with Crippen molar-refractivity contribution in [3.63, 3.8) is 0 Å². The van der Waals surface area contributed by atoms with Crippen LogP contribution in [0, 0.1) is 0 Å². The zero-order chi connectivity index (χ0) is 21.4. The lowest BCUT2D eigenvalue weighted by atomic mass is 9.91. The van der Waals surface area contributed by atoms with Crippen molar-refractivity contribution in [1.82, 2.24) is 10.2 Å². The van der Waals surface area contributed by atoms with Gasteiger partial charge in [-0.3, -0.25) is 5.32 Å². The molecule has 5 rings (SSSR count). The molecule has 0 saturated carbocycles. The number of carboxylic acids is 1. The molecule has 1 aromatic heterocycles. The molecule has 0 unspecified atom stereocenters. The SMILES string of the molecule is O=C(Nc1nnc(C(=O)O)c2c1CCCC2)OCC1c2ccccc2-c2ccccc21. The number of rotatable bonds is 4. The van der Waals surface area contributed by atoms with Crippen LogP contribution in [0.15, 0.2) is 48.5 Å². The standard InChI is InChI=1S/C24H21N3O4/c28-23(29)21-18-11-5-6-12-19(18)22(27-26-21)25-24(30)31-13-20-16-9-3-1-7-14(16)15-8-2-4-10-17(15)20/h1-4,7-10,20H,5-6,11-13H2,(H,28,29)(H,25,27,30). The number of hydrogen-bond acceptors (Lipinski definition) is 5. The lowest BCUT2D eigenvalue weighted by Crippen LogP contribution is -2.22. The molecule has 2 aliphatic rings. The topological polar surface area (TPSA) is 101 Å². The summed E-state index contributed by atoms with van der Waals surface area (Å²) in [7, 11) is 0. The zero-order valence-electron chi connectivity index (χ0n) is 16.8. The van der Waals surface area contributed by atoms with Crippen molar-refractivity contribution in [2.24, 2.45) is 0 Å². The second-order valence-electron chi connectivity index (χ2n) is 7.82. The second-order valence-corrected chi connectivity index (χ2v) is 7.82. The maximum absolute atomic E-state index is 12.6. The highest BCUT2D eigenvalue weighted by atomic mass is 16.5. The van der Waals surface area contributed by atoms with Crippen LogP contribution < -0.4 is 5.32 Å². The van der Waals surface area contributed by atoms with Gasteiger partial charge in [-0.05, 0) is 53.5 Å². The van der Waals surface area contributed by atoms with Crippen molar-refractivity contribution < 1.29 is 19.4 Å². The summed E-state index contributed by atoms with van der Waals surface area (Å²) in [6.45, 7) is 0.197. The Labute approximate surface area is 179 Å². The van der Waals surface area contributed by atoms with E-state index in [2.05, 4.69) is 39.8 Å². The Morgan fingerprint density at radius 3 is 2.19 bits per heavy atom. The summed E-state index contributed by atoms with van der Waals surface area (Å²) in [4.78, 5) is 24.0. The summed E-state index contributed by atoms with van der Waals surface area (Å²) < 4.78 is 5.58. The molecule has 0 bridgehead atoms. The Balaban J connectivity index is 1.34. The van der Waals surface area contributed by atoms with Crippen molar-refractivity contribution in [2.75, 3.05) is 11.9 Å². The number of benzene rings is 2. The lowest BCUT2D eigenvalue weighted by molar-refractivity contribution is 0.0687. The number of ether oxygens (including phenoxy) is 1. The van der Waals surface area contributed by atoms with Crippen LogP contribution in [0.4, 0.5) is 10.6 Å². The summed E-state index contributed by atoms with van der Waals surface area (Å²) in [6.07, 6.45) is 2.46. The number of fused-ring (bicyclic) bond motifs is 4. The summed E-state index contributed by atoms with van der Waals surface area (Å²) in [5, 5.41) is 19.8. The average Bonchev–Trinajstić information content (AvgIpc) is 3.11. The highest BCUT2D eigenvalue weighted by Gasteiger charge is 2.29. The first-order valence-electron chi connectivity index (χ1n) is 10.4. The van der Waals surface area contributed by atoms with Gasteiger partial charge in [0.25, 0.3) is 0 Å². The van der Waals surface area contributed by atoms with Gasteiger partial charge in [-0.15, -0.1) is 10.2 Å². The smallest absolute Gasteiger partial charge is 0.412 e. The molecule has 2 aromatic carbocycles. The second kappa shape index (κ2) is 7.83. The van der Waals surface area contributed by atoms with Crippen molar-refractivity contribution in [3.05, 3.63) is 76.5 Å². The van der Waals surface area contributed by atoms with Gasteiger partial charge in [0.2, 0.25) is 0 Å². The van der Waals surface area contributed by atoms with Gasteiger partial charge in [0.15, 0.2) is 11.5 Å². The number of aromatic nitrogens is 2. The average molecular weight is 415 g/mol. The van der Waals surface area contributed by atoms with Gasteiger partial charge >= 0.3 is 12.1 Å². The number of amides is 1. The summed E-state index contributed by atoms with van der Waals surface area (Å²) in [5.74, 6) is -0.845. The quantitative estimate of drug-likeness (QED) is 0.654. The third-order valence-corrected chi connectivity index (χ3v) is 6.06. The molecule has 1 amide bonds. The Morgan fingerprint density at radius 2 is 1.55 bits per heavy atom. The first-order valence-corrected chi connectivity index (χ1v) is 10.4. The molecule has 0 atom stereocenters. The van der Waals surface area contributed by atoms with Crippen LogP contribution in [0.1, 0.15) is 51.5 Å². The normalized spacial score (nSPS) is 14.3. The minimum atomic E-state index is -1.10. The molecule has 0 spiro atoms. The molecule has 31 heavy (non-hydrogen) atoms. The van der Waals surface area contributed by atoms with Crippen LogP contribution >= 0.6 is 0 Å². The van der Waals surface area contributed by atoms with Crippen molar-refractivity contribution in [1.29, 1.82) is 0 Å². The molecule has 2 aliphatic carbocycles. The molecule has 0 radical (unpaired) electrons. The first kappa shape index (κ1) is 19.2. The molecule has 0 saturated heterocycles. The van der Waals surface area contributed by atoms with Crippen LogP contribution in [0.25, 0.3) is 11.1 Å². The van der Waals surface area contributed by atoms with Crippen LogP contribution in [-0.4, -0.2) is 34.0 Å². The van der Waals surface area contributed by atoms with Gasteiger partial charge < -0.3 is 9.84 Å². The van der Waals surface area contributed by atoms with E-state index < -0.39 is 12.1 Å². The van der Waals surface area contributed by atoms with E-state index in [0.717, 1.165) is 40.7 Å². The lowest BCUT2D eigenvalue weighted by Gasteiger charge is -2.20. The molecule has 156 valence electrons. The Morgan fingerprint density at radius 1 is 0.935 bits per heavy atom. The van der Waals surface area contributed by atoms with E-state index >= 15 is 0 Å². The number of carbonyl (C=O) groups is 2. The fourth-order valence-electron chi connectivity index (χ4n) is 4.65. The van der Waals surface area contributed by atoms with E-state index in [1.165, 1.54) is 0 Å². The molecule has 0 aliphatic heterocycles. The molecular formula is C24H21N3O4. The monoisotopic (exact) mass is 415 g/mol. The van der Waals surface area contributed by atoms with Crippen LogP contribution in [0.5, 0.6) is 0 Å². The van der Waals surface area contributed by atoms with Gasteiger partial charge in [-0.1, -0.05) is 48.5 Å². The fourth-order valence-corrected chi connectivity index (χ4v) is 4.65. The Hall–Kier alpha value is -3.74. The van der Waals surface area contributed by atoms with E-state index in [4.69, 9.17) is 4.74 Å². The van der Waals surface area contributed by atoms with Gasteiger partial charge in [-0.2, -0.15) is 0 Å². The van der Waals surface area contributed by atoms with Crippen LogP contribution in [-0.2, 0) is 17.6 Å². The molecule has 3 aromatic rings. The minimum Gasteiger partial charge on any atom is -0.476 e. The molecule has 1 heterocycles. The van der Waals surface area contributed by atoms with Crippen molar-refractivity contribution in [2.45, 2.75) is 31.6 Å². The maximum Gasteiger partial charge on any atom is 0.412 e. The molecule has 2 N–H and O–H groups in total.